The number of nitrogens with one attached hydrogen (secondary N) is 1. The molecule has 1 aliphatic rings. The first kappa shape index (κ1) is 11.5. The molecule has 0 aromatic heterocycles. The van der Waals surface area contributed by atoms with Gasteiger partial charge in [0.05, 0.1) is 23.5 Å². The molecule has 1 aliphatic heterocycles. The maximum atomic E-state index is 12.0. The second-order valence-electron chi connectivity index (χ2n) is 4.13. The quantitative estimate of drug-likeness (QED) is 0.660. The van der Waals surface area contributed by atoms with Crippen molar-refractivity contribution >= 4 is 23.6 Å². The molecular weight excluding hydrogens is 240 g/mol. The molecule has 19 heavy (non-hydrogen) atoms. The molecule has 4 nitrogen and oxygen atoms in total. The molecule has 4 heteroatoms. The smallest absolute Gasteiger partial charge is 0.343 e. The number of carbonyl (C=O) groups excluding carboxylic acids is 1. The molecule has 0 unspecified atom stereocenters. The van der Waals surface area contributed by atoms with Gasteiger partial charge in [-0.1, -0.05) is 18.2 Å². The summed E-state index contributed by atoms with van der Waals surface area (Å²) >= 11 is 0. The van der Waals surface area contributed by atoms with E-state index in [2.05, 4.69) is 10.3 Å². The van der Waals surface area contributed by atoms with Gasteiger partial charge in [0.1, 0.15) is 5.75 Å². The van der Waals surface area contributed by atoms with Crippen molar-refractivity contribution < 1.29 is 9.53 Å². The summed E-state index contributed by atoms with van der Waals surface area (Å²) in [5.41, 5.74) is 2.19. The Morgan fingerprint density at radius 1 is 1.16 bits per heavy atom. The zero-order valence-corrected chi connectivity index (χ0v) is 10.2. The number of fused-ring (bicyclic) bond motifs is 1. The molecule has 0 atom stereocenters. The lowest BCUT2D eigenvalue weighted by atomic mass is 10.1. The summed E-state index contributed by atoms with van der Waals surface area (Å²) in [4.78, 5) is 16.2. The molecule has 0 spiro atoms. The average molecular weight is 252 g/mol. The van der Waals surface area contributed by atoms with Crippen LogP contribution in [-0.2, 0) is 0 Å². The molecule has 3 rings (SSSR count). The average Bonchev–Trinajstić information content (AvgIpc) is 2.48. The van der Waals surface area contributed by atoms with Crippen molar-refractivity contribution in [2.75, 3.05) is 11.9 Å². The molecule has 0 saturated heterocycles. The highest BCUT2D eigenvalue weighted by molar-refractivity contribution is 5.94. The Kier molecular flexibility index (Phi) is 2.98. The van der Waals surface area contributed by atoms with Gasteiger partial charge in [-0.05, 0) is 30.3 Å². The van der Waals surface area contributed by atoms with Crippen molar-refractivity contribution in [1.29, 1.82) is 0 Å². The van der Waals surface area contributed by atoms with Crippen LogP contribution >= 0.6 is 0 Å². The van der Waals surface area contributed by atoms with Gasteiger partial charge < -0.3 is 10.1 Å². The lowest BCUT2D eigenvalue weighted by molar-refractivity contribution is 0.0735. The summed E-state index contributed by atoms with van der Waals surface area (Å²) in [7, 11) is 0. The number of ether oxygens (including phenoxy) is 1. The predicted octanol–water partition coefficient (Wildman–Crippen LogP) is 3.03. The van der Waals surface area contributed by atoms with Crippen LogP contribution < -0.4 is 10.1 Å². The molecule has 0 aliphatic carbocycles. The Balaban J connectivity index is 1.82. The monoisotopic (exact) mass is 252 g/mol. The van der Waals surface area contributed by atoms with Crippen LogP contribution in [0.25, 0.3) is 0 Å². The van der Waals surface area contributed by atoms with E-state index < -0.39 is 0 Å². The molecule has 0 radical (unpaired) electrons. The summed E-state index contributed by atoms with van der Waals surface area (Å²) in [5, 5.41) is 3.16. The first-order valence-electron chi connectivity index (χ1n) is 6.00. The first-order valence-corrected chi connectivity index (χ1v) is 6.00. The van der Waals surface area contributed by atoms with Gasteiger partial charge in [0, 0.05) is 6.21 Å². The summed E-state index contributed by atoms with van der Waals surface area (Å²) in [6.07, 6.45) is 1.80. The van der Waals surface area contributed by atoms with Gasteiger partial charge in [-0.15, -0.1) is 0 Å². The second kappa shape index (κ2) is 4.94. The van der Waals surface area contributed by atoms with Crippen molar-refractivity contribution in [2.45, 2.75) is 0 Å². The number of hydrogen-bond acceptors (Lipinski definition) is 4. The van der Waals surface area contributed by atoms with Crippen molar-refractivity contribution in [3.63, 3.8) is 0 Å². The van der Waals surface area contributed by atoms with Gasteiger partial charge in [0.25, 0.3) is 0 Å². The number of aliphatic imine (C=N–C) groups is 1. The number of esters is 1. The Morgan fingerprint density at radius 3 is 2.84 bits per heavy atom. The Labute approximate surface area is 110 Å². The molecular formula is C15H12N2O2. The molecule has 2 aromatic rings. The highest BCUT2D eigenvalue weighted by atomic mass is 16.5. The first-order chi connectivity index (χ1) is 9.33. The number of para-hydroxylation sites is 1. The van der Waals surface area contributed by atoms with Crippen molar-refractivity contribution in [3.05, 3.63) is 54.1 Å². The van der Waals surface area contributed by atoms with E-state index in [1.165, 1.54) is 0 Å². The van der Waals surface area contributed by atoms with E-state index in [1.54, 1.807) is 36.5 Å². The summed E-state index contributed by atoms with van der Waals surface area (Å²) in [5.74, 6) is 0.168. The Morgan fingerprint density at radius 2 is 2.00 bits per heavy atom. The minimum absolute atomic E-state index is 0.370. The van der Waals surface area contributed by atoms with E-state index in [1.807, 2.05) is 18.2 Å². The van der Waals surface area contributed by atoms with Crippen LogP contribution in [0.1, 0.15) is 10.4 Å². The van der Waals surface area contributed by atoms with Crippen molar-refractivity contribution in [3.8, 4) is 5.75 Å². The fourth-order valence-electron chi connectivity index (χ4n) is 1.87. The SMILES string of the molecule is O=C(Oc1ccccc1)c1ccc2c(c1)NCC=N2. The third-order valence-corrected chi connectivity index (χ3v) is 2.80. The van der Waals surface area contributed by atoms with Gasteiger partial charge in [-0.25, -0.2) is 4.79 Å². The van der Waals surface area contributed by atoms with Gasteiger partial charge in [-0.3, -0.25) is 4.99 Å². The minimum atomic E-state index is -0.370. The molecule has 0 fully saturated rings. The predicted molar refractivity (Wildman–Crippen MR) is 74.5 cm³/mol. The van der Waals surface area contributed by atoms with E-state index in [9.17, 15) is 4.79 Å². The number of nitrogens with zero attached hydrogens (tertiary/aromatic N) is 1. The van der Waals surface area contributed by atoms with Crippen LogP contribution in [0.3, 0.4) is 0 Å². The van der Waals surface area contributed by atoms with E-state index >= 15 is 0 Å². The largest absolute Gasteiger partial charge is 0.423 e. The maximum absolute atomic E-state index is 12.0. The van der Waals surface area contributed by atoms with Crippen LogP contribution in [0.4, 0.5) is 11.4 Å². The Hall–Kier alpha value is -2.62. The van der Waals surface area contributed by atoms with Crippen molar-refractivity contribution in [1.82, 2.24) is 0 Å². The second-order valence-corrected chi connectivity index (χ2v) is 4.13. The fraction of sp³-hybridized carbons (Fsp3) is 0.0667. The van der Waals surface area contributed by atoms with E-state index in [4.69, 9.17) is 4.74 Å². The van der Waals surface area contributed by atoms with Crippen molar-refractivity contribution in [2.24, 2.45) is 4.99 Å². The fourth-order valence-corrected chi connectivity index (χ4v) is 1.87. The zero-order valence-electron chi connectivity index (χ0n) is 10.2. The van der Waals surface area contributed by atoms with Crippen LogP contribution in [-0.4, -0.2) is 18.7 Å². The van der Waals surface area contributed by atoms with Crippen LogP contribution in [0.5, 0.6) is 5.75 Å². The van der Waals surface area contributed by atoms with Gasteiger partial charge >= 0.3 is 5.97 Å². The van der Waals surface area contributed by atoms with E-state index in [-0.39, 0.29) is 5.97 Å². The van der Waals surface area contributed by atoms with E-state index in [0.717, 1.165) is 11.4 Å². The Bertz CT molecular complexity index is 636. The van der Waals surface area contributed by atoms with Crippen LogP contribution in [0, 0.1) is 0 Å². The number of benzene rings is 2. The molecule has 0 saturated carbocycles. The molecule has 2 aromatic carbocycles. The third kappa shape index (κ3) is 2.47. The highest BCUT2D eigenvalue weighted by Gasteiger charge is 2.12. The van der Waals surface area contributed by atoms with Crippen LogP contribution in [0.15, 0.2) is 53.5 Å². The molecule has 1 heterocycles. The van der Waals surface area contributed by atoms with Crippen LogP contribution in [0.2, 0.25) is 0 Å². The number of hydrogen-bond donors (Lipinski definition) is 1. The van der Waals surface area contributed by atoms with Gasteiger partial charge in [0.15, 0.2) is 0 Å². The molecule has 0 amide bonds. The summed E-state index contributed by atoms with van der Waals surface area (Å²) in [6.45, 7) is 0.671. The highest BCUT2D eigenvalue weighted by Crippen LogP contribution is 2.28. The lowest BCUT2D eigenvalue weighted by Crippen LogP contribution is -2.11. The standard InChI is InChI=1S/C15H12N2O2/c18-15(19-12-4-2-1-3-5-12)11-6-7-13-14(10-11)17-9-8-16-13/h1-8,10,17H,9H2. The number of rotatable bonds is 2. The number of anilines is 1. The summed E-state index contributed by atoms with van der Waals surface area (Å²) < 4.78 is 5.29. The maximum Gasteiger partial charge on any atom is 0.343 e. The minimum Gasteiger partial charge on any atom is -0.423 e. The lowest BCUT2D eigenvalue weighted by Gasteiger charge is -2.13. The van der Waals surface area contributed by atoms with Gasteiger partial charge in [0.2, 0.25) is 0 Å². The van der Waals surface area contributed by atoms with Gasteiger partial charge in [-0.2, -0.15) is 0 Å². The number of carbonyl (C=O) groups is 1. The molecule has 0 bridgehead atoms. The summed E-state index contributed by atoms with van der Waals surface area (Å²) in [6, 6.07) is 14.3. The topological polar surface area (TPSA) is 50.7 Å². The zero-order chi connectivity index (χ0) is 13.1. The molecule has 1 N–H and O–H groups in total. The normalized spacial score (nSPS) is 12.4. The molecule has 94 valence electrons. The van der Waals surface area contributed by atoms with E-state index in [0.29, 0.717) is 17.9 Å². The third-order valence-electron chi connectivity index (χ3n) is 2.80.